The standard InChI is InChI=1S/C34H43NO6/c1-32-11-10-24(37)15-22(32)8-9-25-26-16-29-34(28(39)18-36,33(26,2)17-27(38)30(25)32)41-31(40-29)21-6-4-19(5-7-21)12-20-13-23(14-20)35-3/h4-7,10-11,15,20,23,25-27,29-31,35-36,38H,8-9,12-14,16-18H2,1-3H3/t20?,23?,25-,26-,27-,29+,30+,31+,32-,33-,34+/m0/s1. The summed E-state index contributed by atoms with van der Waals surface area (Å²) in [5.41, 5.74) is 0.879. The van der Waals surface area contributed by atoms with Gasteiger partial charge >= 0.3 is 0 Å². The number of aliphatic hydroxyl groups is 2. The number of fused-ring (bicyclic) bond motifs is 7. The molecule has 0 bridgehead atoms. The summed E-state index contributed by atoms with van der Waals surface area (Å²) in [7, 11) is 2.02. The molecule has 5 aliphatic carbocycles. The number of hydrogen-bond acceptors (Lipinski definition) is 7. The molecule has 7 nitrogen and oxygen atoms in total. The van der Waals surface area contributed by atoms with E-state index >= 15 is 0 Å². The van der Waals surface area contributed by atoms with Gasteiger partial charge in [0.2, 0.25) is 0 Å². The van der Waals surface area contributed by atoms with Crippen LogP contribution in [0.25, 0.3) is 0 Å². The zero-order chi connectivity index (χ0) is 28.7. The fourth-order valence-corrected chi connectivity index (χ4v) is 10.1. The number of aliphatic hydroxyl groups excluding tert-OH is 2. The van der Waals surface area contributed by atoms with Crippen LogP contribution in [-0.2, 0) is 25.5 Å². The number of carbonyl (C=O) groups is 2. The number of allylic oxidation sites excluding steroid dienone is 4. The lowest BCUT2D eigenvalue weighted by Gasteiger charge is -2.59. The highest BCUT2D eigenvalue weighted by molar-refractivity contribution is 6.01. The van der Waals surface area contributed by atoms with Crippen LogP contribution in [0.15, 0.2) is 48.1 Å². The Balaban J connectivity index is 1.15. The largest absolute Gasteiger partial charge is 0.393 e. The van der Waals surface area contributed by atoms with Gasteiger partial charge in [0.15, 0.2) is 23.5 Å². The molecule has 4 saturated carbocycles. The molecule has 1 saturated heterocycles. The smallest absolute Gasteiger partial charge is 0.193 e. The normalized spacial score (nSPS) is 46.2. The maximum atomic E-state index is 13.7. The van der Waals surface area contributed by atoms with E-state index in [0.29, 0.717) is 24.8 Å². The van der Waals surface area contributed by atoms with Crippen LogP contribution in [0.3, 0.4) is 0 Å². The highest BCUT2D eigenvalue weighted by Crippen LogP contribution is 2.70. The van der Waals surface area contributed by atoms with Gasteiger partial charge in [-0.1, -0.05) is 49.8 Å². The van der Waals surface area contributed by atoms with Gasteiger partial charge in [0.25, 0.3) is 0 Å². The fraction of sp³-hybridized carbons (Fsp3) is 0.647. The van der Waals surface area contributed by atoms with Crippen LogP contribution < -0.4 is 5.32 Å². The third-order valence-corrected chi connectivity index (χ3v) is 12.2. The molecular formula is C34H43NO6. The van der Waals surface area contributed by atoms with Crippen molar-refractivity contribution < 1.29 is 29.3 Å². The molecule has 7 heteroatoms. The summed E-state index contributed by atoms with van der Waals surface area (Å²) in [5, 5.41) is 25.3. The van der Waals surface area contributed by atoms with E-state index in [9.17, 15) is 19.8 Å². The molecule has 6 aliphatic rings. The summed E-state index contributed by atoms with van der Waals surface area (Å²) in [4.78, 5) is 25.9. The van der Waals surface area contributed by atoms with Crippen LogP contribution in [0.4, 0.5) is 0 Å². The minimum Gasteiger partial charge on any atom is -0.393 e. The first-order chi connectivity index (χ1) is 19.6. The molecule has 0 aromatic heterocycles. The lowest BCUT2D eigenvalue weighted by Crippen LogP contribution is -2.63. The fourth-order valence-electron chi connectivity index (χ4n) is 10.1. The van der Waals surface area contributed by atoms with E-state index in [4.69, 9.17) is 9.47 Å². The predicted octanol–water partition coefficient (Wildman–Crippen LogP) is 3.83. The van der Waals surface area contributed by atoms with Crippen molar-refractivity contribution in [1.29, 1.82) is 0 Å². The molecule has 1 aromatic rings. The molecule has 0 radical (unpaired) electrons. The van der Waals surface area contributed by atoms with Gasteiger partial charge in [-0.25, -0.2) is 0 Å². The summed E-state index contributed by atoms with van der Waals surface area (Å²) >= 11 is 0. The van der Waals surface area contributed by atoms with Gasteiger partial charge in [-0.3, -0.25) is 9.59 Å². The Hall–Kier alpha value is -2.16. The molecule has 0 unspecified atom stereocenters. The van der Waals surface area contributed by atoms with E-state index in [0.717, 1.165) is 30.4 Å². The second-order valence-electron chi connectivity index (χ2n) is 14.1. The molecule has 9 atom stereocenters. The topological polar surface area (TPSA) is 105 Å². The molecule has 1 aromatic carbocycles. The Labute approximate surface area is 242 Å². The average molecular weight is 562 g/mol. The van der Waals surface area contributed by atoms with Crippen LogP contribution in [0.2, 0.25) is 0 Å². The van der Waals surface area contributed by atoms with Crippen LogP contribution >= 0.6 is 0 Å². The summed E-state index contributed by atoms with van der Waals surface area (Å²) in [6, 6.07) is 9.00. The molecule has 3 N–H and O–H groups in total. The predicted molar refractivity (Wildman–Crippen MR) is 153 cm³/mol. The van der Waals surface area contributed by atoms with Crippen molar-refractivity contribution in [3.63, 3.8) is 0 Å². The number of Topliss-reactive ketones (excluding diaryl/α,β-unsaturated/α-hetero) is 1. The van der Waals surface area contributed by atoms with Gasteiger partial charge in [0.1, 0.15) is 6.61 Å². The number of ketones is 2. The highest BCUT2D eigenvalue weighted by Gasteiger charge is 2.75. The lowest BCUT2D eigenvalue weighted by atomic mass is 9.46. The Morgan fingerprint density at radius 2 is 1.90 bits per heavy atom. The first-order valence-corrected chi connectivity index (χ1v) is 15.5. The van der Waals surface area contributed by atoms with E-state index < -0.39 is 36.1 Å². The van der Waals surface area contributed by atoms with Gasteiger partial charge in [-0.05, 0) is 87.5 Å². The Bertz CT molecular complexity index is 1300. The molecule has 7 rings (SSSR count). The SMILES string of the molecule is CNC1CC(Cc2ccc([C@@H]3O[C@@H]4C[C@H]5[C@@H]6CCC7=CC(=O)C=C[C@]7(C)[C@H]6[C@@H](O)C[C@]5(C)[C@]4(C(=O)CO)O3)cc2)C1. The highest BCUT2D eigenvalue weighted by atomic mass is 16.7. The summed E-state index contributed by atoms with van der Waals surface area (Å²) in [6.45, 7) is 3.60. The number of ether oxygens (including phenoxy) is 2. The minimum atomic E-state index is -1.31. The molecular weight excluding hydrogens is 518 g/mol. The van der Waals surface area contributed by atoms with Crippen molar-refractivity contribution in [2.45, 2.75) is 88.9 Å². The van der Waals surface area contributed by atoms with Crippen LogP contribution in [0.5, 0.6) is 0 Å². The van der Waals surface area contributed by atoms with Gasteiger partial charge in [-0.2, -0.15) is 0 Å². The molecule has 41 heavy (non-hydrogen) atoms. The van der Waals surface area contributed by atoms with Crippen LogP contribution in [-0.4, -0.2) is 59.3 Å². The van der Waals surface area contributed by atoms with E-state index in [2.05, 4.69) is 31.3 Å². The maximum absolute atomic E-state index is 13.7. The van der Waals surface area contributed by atoms with Gasteiger partial charge in [-0.15, -0.1) is 0 Å². The molecule has 1 aliphatic heterocycles. The minimum absolute atomic E-state index is 0.0142. The zero-order valence-electron chi connectivity index (χ0n) is 24.3. The van der Waals surface area contributed by atoms with Crippen molar-refractivity contribution in [2.75, 3.05) is 13.7 Å². The summed E-state index contributed by atoms with van der Waals surface area (Å²) < 4.78 is 13.3. The number of rotatable bonds is 6. The summed E-state index contributed by atoms with van der Waals surface area (Å²) in [6.07, 6.45) is 9.68. The Morgan fingerprint density at radius 3 is 2.61 bits per heavy atom. The van der Waals surface area contributed by atoms with E-state index in [1.807, 2.05) is 25.3 Å². The molecule has 0 spiro atoms. The average Bonchev–Trinajstić information content (AvgIpc) is 3.43. The Morgan fingerprint density at radius 1 is 1.15 bits per heavy atom. The van der Waals surface area contributed by atoms with Gasteiger partial charge < -0.3 is 25.0 Å². The van der Waals surface area contributed by atoms with Crippen molar-refractivity contribution in [3.8, 4) is 0 Å². The van der Waals surface area contributed by atoms with E-state index in [1.165, 1.54) is 18.4 Å². The maximum Gasteiger partial charge on any atom is 0.193 e. The quantitative estimate of drug-likeness (QED) is 0.485. The molecule has 1 heterocycles. The molecule has 5 fully saturated rings. The van der Waals surface area contributed by atoms with Crippen LogP contribution in [0, 0.1) is 34.5 Å². The second-order valence-corrected chi connectivity index (χ2v) is 14.1. The first-order valence-electron chi connectivity index (χ1n) is 15.5. The summed E-state index contributed by atoms with van der Waals surface area (Å²) in [5.74, 6) is 0.559. The third kappa shape index (κ3) is 3.89. The number of nitrogens with one attached hydrogen (secondary N) is 1. The molecule has 220 valence electrons. The zero-order valence-corrected chi connectivity index (χ0v) is 24.3. The van der Waals surface area contributed by atoms with Crippen molar-refractivity contribution in [3.05, 3.63) is 59.2 Å². The first kappa shape index (κ1) is 27.7. The monoisotopic (exact) mass is 561 g/mol. The van der Waals surface area contributed by atoms with E-state index in [1.54, 1.807) is 12.2 Å². The van der Waals surface area contributed by atoms with Gasteiger partial charge in [0, 0.05) is 28.4 Å². The number of benzene rings is 1. The Kier molecular flexibility index (Phi) is 6.53. The third-order valence-electron chi connectivity index (χ3n) is 12.2. The molecule has 0 amide bonds. The number of carbonyl (C=O) groups excluding carboxylic acids is 2. The van der Waals surface area contributed by atoms with Crippen molar-refractivity contribution in [1.82, 2.24) is 5.32 Å². The number of hydrogen-bond donors (Lipinski definition) is 3. The van der Waals surface area contributed by atoms with Crippen molar-refractivity contribution in [2.24, 2.45) is 34.5 Å². The van der Waals surface area contributed by atoms with Gasteiger partial charge in [0.05, 0.1) is 12.2 Å². The lowest BCUT2D eigenvalue weighted by molar-refractivity contribution is -0.201. The van der Waals surface area contributed by atoms with E-state index in [-0.39, 0.29) is 34.7 Å². The second kappa shape index (κ2) is 9.68. The van der Waals surface area contributed by atoms with Crippen LogP contribution in [0.1, 0.15) is 69.8 Å². The van der Waals surface area contributed by atoms with Crippen molar-refractivity contribution >= 4 is 11.6 Å².